The van der Waals surface area contributed by atoms with Gasteiger partial charge in [-0.1, -0.05) is 47.5 Å². The molecular formula is C28H41NO4Si. The van der Waals surface area contributed by atoms with Crippen LogP contribution in [0, 0.1) is 51.9 Å². The van der Waals surface area contributed by atoms with Crippen molar-refractivity contribution in [2.24, 2.45) is 5.41 Å². The third kappa shape index (κ3) is 8.59. The van der Waals surface area contributed by atoms with Gasteiger partial charge in [-0.25, -0.2) is 0 Å². The molecule has 0 aliphatic rings. The fourth-order valence-electron chi connectivity index (χ4n) is 4.35. The molecule has 0 atom stereocenters. The van der Waals surface area contributed by atoms with Crippen molar-refractivity contribution in [3.63, 3.8) is 0 Å². The second kappa shape index (κ2) is 16.0. The normalized spacial score (nSPS) is 10.9. The van der Waals surface area contributed by atoms with Crippen molar-refractivity contribution in [3.05, 3.63) is 0 Å². The van der Waals surface area contributed by atoms with Crippen LogP contribution in [-0.2, 0) is 19.1 Å². The van der Waals surface area contributed by atoms with Gasteiger partial charge in [0.2, 0.25) is 0 Å². The molecule has 0 radical (unpaired) electrons. The number of unbranched alkanes of at least 4 members (excludes halogenated alkanes) is 2. The number of hydrogen-bond acceptors (Lipinski definition) is 5. The molecule has 0 aromatic heterocycles. The minimum atomic E-state index is -1.75. The van der Waals surface area contributed by atoms with E-state index in [4.69, 9.17) is 9.47 Å². The van der Waals surface area contributed by atoms with E-state index in [1.807, 2.05) is 6.07 Å². The number of carbonyl (C=O) groups excluding carboxylic acids is 2. The van der Waals surface area contributed by atoms with Crippen LogP contribution in [0.3, 0.4) is 0 Å². The van der Waals surface area contributed by atoms with Crippen molar-refractivity contribution in [2.45, 2.75) is 104 Å². The van der Waals surface area contributed by atoms with E-state index < -0.39 is 25.4 Å². The number of nitrogens with zero attached hydrogens (tertiary/aromatic N) is 1. The van der Waals surface area contributed by atoms with Crippen LogP contribution in [-0.4, -0.2) is 33.2 Å². The molecule has 0 heterocycles. The van der Waals surface area contributed by atoms with Crippen LogP contribution in [0.1, 0.15) is 87.5 Å². The van der Waals surface area contributed by atoms with Crippen LogP contribution in [0.5, 0.6) is 0 Å². The molecule has 6 heteroatoms. The molecule has 0 N–H and O–H groups in total. The van der Waals surface area contributed by atoms with Crippen molar-refractivity contribution in [1.29, 1.82) is 5.26 Å². The molecule has 0 saturated carbocycles. The molecule has 0 saturated heterocycles. The van der Waals surface area contributed by atoms with Crippen molar-refractivity contribution in [1.82, 2.24) is 0 Å². The Morgan fingerprint density at radius 2 is 1.29 bits per heavy atom. The van der Waals surface area contributed by atoms with Gasteiger partial charge in [-0.05, 0) is 48.7 Å². The lowest BCUT2D eigenvalue weighted by Gasteiger charge is -2.37. The minimum Gasteiger partial charge on any atom is -0.465 e. The van der Waals surface area contributed by atoms with Crippen LogP contribution in [0.2, 0.25) is 16.6 Å². The smallest absolute Gasteiger partial charge is 0.325 e. The number of ether oxygens (including phenoxy) is 2. The van der Waals surface area contributed by atoms with Crippen molar-refractivity contribution >= 4 is 20.0 Å². The quantitative estimate of drug-likeness (QED) is 0.122. The molecule has 0 aliphatic heterocycles. The zero-order chi connectivity index (χ0) is 26.2. The monoisotopic (exact) mass is 483 g/mol. The lowest BCUT2D eigenvalue weighted by Crippen LogP contribution is -2.43. The van der Waals surface area contributed by atoms with Gasteiger partial charge in [0, 0.05) is 19.3 Å². The number of hydrogen-bond donors (Lipinski definition) is 0. The standard InChI is InChI=1S/C28H41NO4Si/c1-9-32-26(30)28(20-21-29,27(31)33-10-2)19-17-15-13-11-12-14-16-18-22-34(23(3)4,24(5)6)25(7)8/h23-25H,9-13,19-20H2,1-8H3. The van der Waals surface area contributed by atoms with E-state index in [1.165, 1.54) is 0 Å². The van der Waals surface area contributed by atoms with Crippen LogP contribution in [0.4, 0.5) is 0 Å². The van der Waals surface area contributed by atoms with E-state index in [2.05, 4.69) is 76.7 Å². The molecule has 0 amide bonds. The summed E-state index contributed by atoms with van der Waals surface area (Å²) in [6.45, 7) is 17.2. The summed E-state index contributed by atoms with van der Waals surface area (Å²) in [7, 11) is -1.75. The van der Waals surface area contributed by atoms with Crippen LogP contribution < -0.4 is 0 Å². The molecule has 34 heavy (non-hydrogen) atoms. The fraction of sp³-hybridized carbons (Fsp3) is 0.679. The molecule has 0 aromatic carbocycles. The zero-order valence-electron chi connectivity index (χ0n) is 22.3. The van der Waals surface area contributed by atoms with Crippen molar-refractivity contribution in [2.75, 3.05) is 13.2 Å². The van der Waals surface area contributed by atoms with E-state index in [0.29, 0.717) is 29.5 Å². The number of nitriles is 1. The molecule has 0 spiro atoms. The van der Waals surface area contributed by atoms with E-state index in [1.54, 1.807) is 13.8 Å². The molecule has 0 unspecified atom stereocenters. The topological polar surface area (TPSA) is 76.4 Å². The van der Waals surface area contributed by atoms with E-state index in [9.17, 15) is 14.9 Å². The van der Waals surface area contributed by atoms with Crippen molar-refractivity contribution in [3.8, 4) is 41.2 Å². The van der Waals surface area contributed by atoms with E-state index >= 15 is 0 Å². The fourth-order valence-corrected chi connectivity index (χ4v) is 9.50. The average Bonchev–Trinajstić information content (AvgIpc) is 2.76. The summed E-state index contributed by atoms with van der Waals surface area (Å²) in [4.78, 5) is 24.9. The third-order valence-corrected chi connectivity index (χ3v) is 12.4. The molecule has 0 bridgehead atoms. The van der Waals surface area contributed by atoms with Gasteiger partial charge in [-0.3, -0.25) is 9.59 Å². The van der Waals surface area contributed by atoms with Gasteiger partial charge in [0.15, 0.2) is 5.41 Å². The Labute approximate surface area is 208 Å². The lowest BCUT2D eigenvalue weighted by atomic mass is 9.81. The maximum absolute atomic E-state index is 12.5. The molecule has 0 fully saturated rings. The first-order valence-electron chi connectivity index (χ1n) is 12.2. The van der Waals surface area contributed by atoms with Gasteiger partial charge in [0.05, 0.1) is 25.7 Å². The Morgan fingerprint density at radius 1 is 0.794 bits per heavy atom. The van der Waals surface area contributed by atoms with Gasteiger partial charge in [-0.2, -0.15) is 5.26 Å². The first-order chi connectivity index (χ1) is 16.1. The number of esters is 2. The summed E-state index contributed by atoms with van der Waals surface area (Å²) in [6.07, 6.45) is 1.55. The SMILES string of the molecule is CCOC(=O)C(CC#N)(CC#CCCCC#CC#C[Si](C(C)C)(C(C)C)C(C)C)C(=O)OCC. The Balaban J connectivity index is 5.15. The van der Waals surface area contributed by atoms with Crippen LogP contribution in [0.15, 0.2) is 0 Å². The lowest BCUT2D eigenvalue weighted by molar-refractivity contribution is -0.171. The van der Waals surface area contributed by atoms with E-state index in [-0.39, 0.29) is 26.1 Å². The highest BCUT2D eigenvalue weighted by atomic mass is 28.3. The predicted molar refractivity (Wildman–Crippen MR) is 139 cm³/mol. The first kappa shape index (κ1) is 31.3. The highest BCUT2D eigenvalue weighted by Gasteiger charge is 2.48. The Hall–Kier alpha value is -2.67. The molecule has 186 valence electrons. The van der Waals surface area contributed by atoms with Gasteiger partial charge in [0.25, 0.3) is 0 Å². The van der Waals surface area contributed by atoms with Gasteiger partial charge in [-0.15, -0.1) is 17.4 Å². The number of rotatable bonds is 11. The molecular weight excluding hydrogens is 442 g/mol. The molecule has 0 aliphatic carbocycles. The summed E-state index contributed by atoms with van der Waals surface area (Å²) in [6, 6.07) is 1.90. The molecule has 0 rings (SSSR count). The van der Waals surface area contributed by atoms with E-state index in [0.717, 1.165) is 6.42 Å². The Morgan fingerprint density at radius 3 is 1.74 bits per heavy atom. The maximum Gasteiger partial charge on any atom is 0.325 e. The predicted octanol–water partition coefficient (Wildman–Crippen LogP) is 5.80. The number of carbonyl (C=O) groups is 2. The van der Waals surface area contributed by atoms with Crippen LogP contribution >= 0.6 is 0 Å². The summed E-state index contributed by atoms with van der Waals surface area (Å²) < 4.78 is 10.1. The molecule has 5 nitrogen and oxygen atoms in total. The summed E-state index contributed by atoms with van der Waals surface area (Å²) in [5.74, 6) is 13.6. The van der Waals surface area contributed by atoms with Gasteiger partial charge in [0.1, 0.15) is 8.07 Å². The summed E-state index contributed by atoms with van der Waals surface area (Å²) >= 11 is 0. The summed E-state index contributed by atoms with van der Waals surface area (Å²) in [5, 5.41) is 9.18. The maximum atomic E-state index is 12.5. The molecule has 0 aromatic rings. The second-order valence-electron chi connectivity index (χ2n) is 9.19. The average molecular weight is 484 g/mol. The third-order valence-electron chi connectivity index (χ3n) is 6.13. The minimum absolute atomic E-state index is 0.107. The van der Waals surface area contributed by atoms with Crippen molar-refractivity contribution < 1.29 is 19.1 Å². The zero-order valence-corrected chi connectivity index (χ0v) is 23.3. The highest BCUT2D eigenvalue weighted by Crippen LogP contribution is 2.40. The largest absolute Gasteiger partial charge is 0.465 e. The second-order valence-corrected chi connectivity index (χ2v) is 14.8. The van der Waals surface area contributed by atoms with Gasteiger partial charge >= 0.3 is 11.9 Å². The Bertz CT molecular complexity index is 855. The Kier molecular flexibility index (Phi) is 14.8. The van der Waals surface area contributed by atoms with Gasteiger partial charge < -0.3 is 9.47 Å². The summed E-state index contributed by atoms with van der Waals surface area (Å²) in [5.41, 5.74) is 3.62. The first-order valence-corrected chi connectivity index (χ1v) is 14.5. The highest BCUT2D eigenvalue weighted by molar-refractivity contribution is 6.90. The van der Waals surface area contributed by atoms with Crippen LogP contribution in [0.25, 0.3) is 0 Å².